The van der Waals surface area contributed by atoms with E-state index in [1.54, 1.807) is 0 Å². The van der Waals surface area contributed by atoms with Crippen molar-refractivity contribution >= 4 is 23.2 Å². The molecule has 0 aliphatic heterocycles. The second-order valence-electron chi connectivity index (χ2n) is 4.88. The second-order valence-corrected chi connectivity index (χ2v) is 5.28. The van der Waals surface area contributed by atoms with Crippen LogP contribution >= 0.6 is 11.6 Å². The molecule has 1 amide bonds. The summed E-state index contributed by atoms with van der Waals surface area (Å²) in [6.07, 6.45) is 0. The number of benzene rings is 1. The predicted octanol–water partition coefficient (Wildman–Crippen LogP) is 3.04. The maximum atomic E-state index is 12.3. The van der Waals surface area contributed by atoms with Crippen LogP contribution in [0, 0.1) is 16.0 Å². The van der Waals surface area contributed by atoms with Crippen LogP contribution in [-0.4, -0.2) is 30.1 Å². The molecule has 1 N–H and O–H groups in total. The molecule has 0 saturated heterocycles. The van der Waals surface area contributed by atoms with Gasteiger partial charge in [0.1, 0.15) is 10.6 Å². The molecule has 0 saturated carbocycles. The molecule has 6 nitrogen and oxygen atoms in total. The van der Waals surface area contributed by atoms with E-state index in [0.717, 1.165) is 0 Å². The van der Waals surface area contributed by atoms with Crippen LogP contribution in [0.3, 0.4) is 0 Å². The van der Waals surface area contributed by atoms with Crippen molar-refractivity contribution in [2.24, 2.45) is 5.92 Å². The van der Waals surface area contributed by atoms with Crippen LogP contribution in [0.4, 0.5) is 5.69 Å². The SMILES string of the molecule is CCOCC(NC(=O)c1cccc(Cl)c1[N+](=O)[O-])C(C)C. The Hall–Kier alpha value is -1.66. The summed E-state index contributed by atoms with van der Waals surface area (Å²) in [5, 5.41) is 13.8. The van der Waals surface area contributed by atoms with Crippen molar-refractivity contribution in [1.82, 2.24) is 5.32 Å². The first kappa shape index (κ1) is 17.4. The molecule has 7 heteroatoms. The van der Waals surface area contributed by atoms with Crippen LogP contribution in [0.25, 0.3) is 0 Å². The Morgan fingerprint density at radius 1 is 1.48 bits per heavy atom. The van der Waals surface area contributed by atoms with Crippen LogP contribution in [0.2, 0.25) is 5.02 Å². The lowest BCUT2D eigenvalue weighted by Crippen LogP contribution is -2.42. The minimum atomic E-state index is -0.649. The maximum absolute atomic E-state index is 12.3. The van der Waals surface area contributed by atoms with Crippen LogP contribution in [0.5, 0.6) is 0 Å². The number of ether oxygens (including phenoxy) is 1. The molecule has 0 aliphatic carbocycles. The van der Waals surface area contributed by atoms with Crippen LogP contribution in [0.15, 0.2) is 18.2 Å². The number of halogens is 1. The first-order valence-corrected chi connectivity index (χ1v) is 7.07. The molecule has 116 valence electrons. The number of para-hydroxylation sites is 1. The van der Waals surface area contributed by atoms with Crippen molar-refractivity contribution in [3.05, 3.63) is 38.9 Å². The molecule has 0 bridgehead atoms. The molecule has 0 spiro atoms. The van der Waals surface area contributed by atoms with Gasteiger partial charge in [-0.1, -0.05) is 31.5 Å². The van der Waals surface area contributed by atoms with Crippen LogP contribution in [-0.2, 0) is 4.74 Å². The van der Waals surface area contributed by atoms with Gasteiger partial charge in [0, 0.05) is 6.61 Å². The van der Waals surface area contributed by atoms with E-state index in [1.165, 1.54) is 18.2 Å². The highest BCUT2D eigenvalue weighted by Crippen LogP contribution is 2.28. The zero-order valence-corrected chi connectivity index (χ0v) is 13.0. The van der Waals surface area contributed by atoms with Crippen molar-refractivity contribution in [3.8, 4) is 0 Å². The number of rotatable bonds is 7. The molecular weight excluding hydrogens is 296 g/mol. The zero-order chi connectivity index (χ0) is 16.0. The largest absolute Gasteiger partial charge is 0.380 e. The number of amides is 1. The van der Waals surface area contributed by atoms with Crippen molar-refractivity contribution in [3.63, 3.8) is 0 Å². The number of hydrogen-bond acceptors (Lipinski definition) is 4. The average Bonchev–Trinajstić information content (AvgIpc) is 2.42. The van der Waals surface area contributed by atoms with E-state index in [0.29, 0.717) is 13.2 Å². The first-order valence-electron chi connectivity index (χ1n) is 6.70. The number of carbonyl (C=O) groups is 1. The van der Waals surface area contributed by atoms with Crippen LogP contribution in [0.1, 0.15) is 31.1 Å². The van der Waals surface area contributed by atoms with Gasteiger partial charge in [0.05, 0.1) is 17.6 Å². The summed E-state index contributed by atoms with van der Waals surface area (Å²) in [7, 11) is 0. The zero-order valence-electron chi connectivity index (χ0n) is 12.3. The predicted molar refractivity (Wildman–Crippen MR) is 80.7 cm³/mol. The molecule has 0 fully saturated rings. The van der Waals surface area contributed by atoms with E-state index < -0.39 is 10.8 Å². The van der Waals surface area contributed by atoms with Crippen molar-refractivity contribution in [2.75, 3.05) is 13.2 Å². The van der Waals surface area contributed by atoms with Crippen molar-refractivity contribution in [1.29, 1.82) is 0 Å². The Kier molecular flexibility index (Phi) is 6.58. The third kappa shape index (κ3) is 4.68. The topological polar surface area (TPSA) is 81.5 Å². The molecule has 21 heavy (non-hydrogen) atoms. The van der Waals surface area contributed by atoms with Gasteiger partial charge in [-0.25, -0.2) is 0 Å². The Morgan fingerprint density at radius 2 is 2.14 bits per heavy atom. The van der Waals surface area contributed by atoms with E-state index in [4.69, 9.17) is 16.3 Å². The lowest BCUT2D eigenvalue weighted by atomic mass is 10.0. The van der Waals surface area contributed by atoms with Gasteiger partial charge in [0.15, 0.2) is 0 Å². The molecule has 0 aliphatic rings. The average molecular weight is 315 g/mol. The van der Waals surface area contributed by atoms with Gasteiger partial charge in [0.25, 0.3) is 5.91 Å². The van der Waals surface area contributed by atoms with Crippen molar-refractivity contribution in [2.45, 2.75) is 26.8 Å². The number of nitro benzene ring substituents is 1. The smallest absolute Gasteiger partial charge is 0.300 e. The highest BCUT2D eigenvalue weighted by molar-refractivity contribution is 6.33. The number of nitrogens with zero attached hydrogens (tertiary/aromatic N) is 1. The number of carbonyl (C=O) groups excluding carboxylic acids is 1. The number of hydrogen-bond donors (Lipinski definition) is 1. The fraction of sp³-hybridized carbons (Fsp3) is 0.500. The van der Waals surface area contributed by atoms with Gasteiger partial charge in [-0.05, 0) is 25.0 Å². The van der Waals surface area contributed by atoms with Crippen molar-refractivity contribution < 1.29 is 14.5 Å². The third-order valence-electron chi connectivity index (χ3n) is 3.04. The summed E-state index contributed by atoms with van der Waals surface area (Å²) in [6.45, 7) is 6.64. The first-order chi connectivity index (χ1) is 9.88. The molecule has 1 atom stereocenters. The quantitative estimate of drug-likeness (QED) is 0.619. The molecule has 1 rings (SSSR count). The highest BCUT2D eigenvalue weighted by atomic mass is 35.5. The molecule has 1 aromatic carbocycles. The standard InChI is InChI=1S/C14H19ClN2O4/c1-4-21-8-12(9(2)3)16-14(18)10-6-5-7-11(15)13(10)17(19)20/h5-7,9,12H,4,8H2,1-3H3,(H,16,18). The van der Waals surface area contributed by atoms with Gasteiger partial charge in [-0.15, -0.1) is 0 Å². The van der Waals surface area contributed by atoms with E-state index in [9.17, 15) is 14.9 Å². The van der Waals surface area contributed by atoms with E-state index in [2.05, 4.69) is 5.32 Å². The number of nitro groups is 1. The Morgan fingerprint density at radius 3 is 2.67 bits per heavy atom. The van der Waals surface area contributed by atoms with Crippen LogP contribution < -0.4 is 5.32 Å². The molecule has 0 radical (unpaired) electrons. The normalized spacial score (nSPS) is 12.2. The summed E-state index contributed by atoms with van der Waals surface area (Å²) in [4.78, 5) is 22.7. The van der Waals surface area contributed by atoms with Gasteiger partial charge in [-0.3, -0.25) is 14.9 Å². The van der Waals surface area contributed by atoms with E-state index in [1.807, 2.05) is 20.8 Å². The minimum Gasteiger partial charge on any atom is -0.380 e. The monoisotopic (exact) mass is 314 g/mol. The van der Waals surface area contributed by atoms with Gasteiger partial charge >= 0.3 is 5.69 Å². The minimum absolute atomic E-state index is 0.0466. The summed E-state index contributed by atoms with van der Waals surface area (Å²) in [5.74, 6) is -0.388. The molecular formula is C14H19ClN2O4. The van der Waals surface area contributed by atoms with E-state index in [-0.39, 0.29) is 28.2 Å². The lowest BCUT2D eigenvalue weighted by molar-refractivity contribution is -0.385. The fourth-order valence-electron chi connectivity index (χ4n) is 1.78. The van der Waals surface area contributed by atoms with Gasteiger partial charge in [0.2, 0.25) is 0 Å². The molecule has 1 aromatic rings. The second kappa shape index (κ2) is 7.95. The molecule has 0 heterocycles. The summed E-state index contributed by atoms with van der Waals surface area (Å²) < 4.78 is 5.32. The summed E-state index contributed by atoms with van der Waals surface area (Å²) >= 11 is 5.80. The summed E-state index contributed by atoms with van der Waals surface area (Å²) in [6, 6.07) is 4.06. The number of nitrogens with one attached hydrogen (secondary N) is 1. The Labute approximate surface area is 128 Å². The van der Waals surface area contributed by atoms with E-state index >= 15 is 0 Å². The Bertz CT molecular complexity index is 520. The van der Waals surface area contributed by atoms with Gasteiger partial charge < -0.3 is 10.1 Å². The highest BCUT2D eigenvalue weighted by Gasteiger charge is 2.26. The third-order valence-corrected chi connectivity index (χ3v) is 3.34. The maximum Gasteiger partial charge on any atom is 0.300 e. The van der Waals surface area contributed by atoms with Gasteiger partial charge in [-0.2, -0.15) is 0 Å². The lowest BCUT2D eigenvalue weighted by Gasteiger charge is -2.22. The molecule has 1 unspecified atom stereocenters. The molecule has 0 aromatic heterocycles. The summed E-state index contributed by atoms with van der Waals surface area (Å²) in [5.41, 5.74) is -0.426. The Balaban J connectivity index is 2.98. The fourth-order valence-corrected chi connectivity index (χ4v) is 2.02.